The summed E-state index contributed by atoms with van der Waals surface area (Å²) in [5.74, 6) is 0.797. The van der Waals surface area contributed by atoms with Crippen LogP contribution in [0.5, 0.6) is 5.75 Å². The molecule has 0 amide bonds. The largest absolute Gasteiger partial charge is 0.497 e. The van der Waals surface area contributed by atoms with Crippen molar-refractivity contribution in [3.05, 3.63) is 84.3 Å². The molecule has 4 aromatic rings. The topological polar surface area (TPSA) is 72.0 Å². The van der Waals surface area contributed by atoms with E-state index in [4.69, 9.17) is 4.74 Å². The van der Waals surface area contributed by atoms with Gasteiger partial charge in [-0.2, -0.15) is 0 Å². The quantitative estimate of drug-likeness (QED) is 0.570. The highest BCUT2D eigenvalue weighted by atomic mass is 32.2. The molecule has 0 atom stereocenters. The summed E-state index contributed by atoms with van der Waals surface area (Å²) in [6.07, 6.45) is 5.55. The smallest absolute Gasteiger partial charge is 0.208 e. The van der Waals surface area contributed by atoms with E-state index in [0.717, 1.165) is 22.4 Å². The third-order valence-corrected chi connectivity index (χ3v) is 6.34. The van der Waals surface area contributed by atoms with Crippen molar-refractivity contribution >= 4 is 20.7 Å². The van der Waals surface area contributed by atoms with E-state index in [2.05, 4.69) is 9.97 Å². The molecule has 6 heteroatoms. The molecule has 5 nitrogen and oxygen atoms in total. The first-order valence-corrected chi connectivity index (χ1v) is 9.95. The van der Waals surface area contributed by atoms with E-state index in [1.54, 1.807) is 56.0 Å². The number of nitrogens with zero attached hydrogens (tertiary/aromatic N) is 1. The van der Waals surface area contributed by atoms with Crippen molar-refractivity contribution in [1.82, 2.24) is 9.97 Å². The van der Waals surface area contributed by atoms with E-state index in [1.807, 2.05) is 24.3 Å². The molecule has 0 fully saturated rings. The maximum Gasteiger partial charge on any atom is 0.208 e. The van der Waals surface area contributed by atoms with Crippen LogP contribution in [0.2, 0.25) is 0 Å². The van der Waals surface area contributed by atoms with Crippen LogP contribution < -0.4 is 4.74 Å². The molecule has 1 N–H and O–H groups in total. The second-order valence-electron chi connectivity index (χ2n) is 6.22. The van der Waals surface area contributed by atoms with Crippen LogP contribution in [0.3, 0.4) is 0 Å². The molecule has 4 rings (SSSR count). The lowest BCUT2D eigenvalue weighted by molar-refractivity contribution is 0.414. The number of hydrogen-bond acceptors (Lipinski definition) is 4. The Kier molecular flexibility index (Phi) is 4.41. The van der Waals surface area contributed by atoms with Crippen molar-refractivity contribution in [2.75, 3.05) is 7.11 Å². The van der Waals surface area contributed by atoms with E-state index in [1.165, 1.54) is 0 Å². The average Bonchev–Trinajstić information content (AvgIpc) is 3.15. The molecule has 0 unspecified atom stereocenters. The van der Waals surface area contributed by atoms with Crippen LogP contribution in [0.4, 0.5) is 0 Å². The Balaban J connectivity index is 1.75. The zero-order valence-electron chi connectivity index (χ0n) is 14.7. The number of nitrogens with one attached hydrogen (secondary N) is 1. The number of ether oxygens (including phenoxy) is 1. The fourth-order valence-corrected chi connectivity index (χ4v) is 4.55. The van der Waals surface area contributed by atoms with Gasteiger partial charge >= 0.3 is 0 Å². The van der Waals surface area contributed by atoms with Gasteiger partial charge in [-0.3, -0.25) is 4.98 Å². The minimum atomic E-state index is -3.61. The Hall–Kier alpha value is -3.12. The van der Waals surface area contributed by atoms with Gasteiger partial charge in [0, 0.05) is 30.4 Å². The molecule has 2 aromatic carbocycles. The van der Waals surface area contributed by atoms with Gasteiger partial charge in [-0.15, -0.1) is 0 Å². The first-order valence-electron chi connectivity index (χ1n) is 8.46. The average molecular weight is 378 g/mol. The van der Waals surface area contributed by atoms with Crippen LogP contribution in [0.1, 0.15) is 11.1 Å². The summed E-state index contributed by atoms with van der Waals surface area (Å²) in [5, 5.41) is 0.602. The number of rotatable bonds is 5. The van der Waals surface area contributed by atoms with Crippen molar-refractivity contribution in [3.8, 4) is 5.75 Å². The van der Waals surface area contributed by atoms with E-state index < -0.39 is 9.84 Å². The summed E-state index contributed by atoms with van der Waals surface area (Å²) >= 11 is 0. The van der Waals surface area contributed by atoms with Crippen molar-refractivity contribution in [2.45, 2.75) is 16.2 Å². The first kappa shape index (κ1) is 17.3. The molecule has 2 aromatic heterocycles. The lowest BCUT2D eigenvalue weighted by Gasteiger charge is -2.06. The fourth-order valence-electron chi connectivity index (χ4n) is 3.12. The minimum absolute atomic E-state index is 0.243. The zero-order valence-corrected chi connectivity index (χ0v) is 15.5. The molecule has 0 aliphatic heterocycles. The Bertz CT molecular complexity index is 1180. The summed E-state index contributed by atoms with van der Waals surface area (Å²) in [4.78, 5) is 7.92. The molecule has 0 saturated heterocycles. The van der Waals surface area contributed by atoms with Crippen molar-refractivity contribution < 1.29 is 13.2 Å². The number of H-pyrrole nitrogens is 1. The number of pyridine rings is 1. The molecule has 136 valence electrons. The van der Waals surface area contributed by atoms with Crippen LogP contribution in [-0.2, 0) is 16.3 Å². The Morgan fingerprint density at radius 1 is 1.00 bits per heavy atom. The second kappa shape index (κ2) is 6.89. The number of benzene rings is 2. The molecular weight excluding hydrogens is 360 g/mol. The highest BCUT2D eigenvalue weighted by molar-refractivity contribution is 7.91. The van der Waals surface area contributed by atoms with Crippen LogP contribution >= 0.6 is 0 Å². The van der Waals surface area contributed by atoms with Gasteiger partial charge in [0.15, 0.2) is 0 Å². The molecule has 0 aliphatic rings. The first-order chi connectivity index (χ1) is 13.1. The molecule has 27 heavy (non-hydrogen) atoms. The van der Waals surface area contributed by atoms with Gasteiger partial charge in [0.05, 0.1) is 22.4 Å². The lowest BCUT2D eigenvalue weighted by Crippen LogP contribution is -2.01. The fraction of sp³-hybridized carbons (Fsp3) is 0.0952. The van der Waals surface area contributed by atoms with Crippen molar-refractivity contribution in [2.24, 2.45) is 0 Å². The third-order valence-electron chi connectivity index (χ3n) is 4.53. The maximum absolute atomic E-state index is 13.0. The standard InChI is InChI=1S/C21H18N2O3S/c1-26-17-9-7-15(8-10-17)11-16-12-22-13-19-20(14-23-21(16)19)27(24,25)18-5-3-2-4-6-18/h2-10,12-14,23H,11H2,1H3. The normalized spacial score (nSPS) is 11.6. The SMILES string of the molecule is COc1ccc(Cc2cncc3c(S(=O)(=O)c4ccccc4)c[nH]c23)cc1. The Labute approximate surface area is 157 Å². The Morgan fingerprint density at radius 3 is 2.44 bits per heavy atom. The molecule has 0 aliphatic carbocycles. The number of fused-ring (bicyclic) bond motifs is 1. The van der Waals surface area contributed by atoms with Gasteiger partial charge in [-0.05, 0) is 35.4 Å². The van der Waals surface area contributed by atoms with E-state index in [0.29, 0.717) is 11.8 Å². The van der Waals surface area contributed by atoms with Gasteiger partial charge < -0.3 is 9.72 Å². The molecule has 0 spiro atoms. The molecule has 2 heterocycles. The van der Waals surface area contributed by atoms with Crippen LogP contribution in [0, 0.1) is 0 Å². The zero-order chi connectivity index (χ0) is 18.9. The number of sulfone groups is 1. The molecule has 0 saturated carbocycles. The van der Waals surface area contributed by atoms with Gasteiger partial charge in [-0.1, -0.05) is 30.3 Å². The summed E-state index contributed by atoms with van der Waals surface area (Å²) in [6.45, 7) is 0. The highest BCUT2D eigenvalue weighted by Gasteiger charge is 2.22. The lowest BCUT2D eigenvalue weighted by atomic mass is 10.1. The van der Waals surface area contributed by atoms with Gasteiger partial charge in [0.2, 0.25) is 9.84 Å². The predicted molar refractivity (Wildman–Crippen MR) is 104 cm³/mol. The van der Waals surface area contributed by atoms with Crippen molar-refractivity contribution in [1.29, 1.82) is 0 Å². The Morgan fingerprint density at radius 2 is 1.74 bits per heavy atom. The molecule has 0 bridgehead atoms. The van der Waals surface area contributed by atoms with E-state index >= 15 is 0 Å². The van der Waals surface area contributed by atoms with Gasteiger partial charge in [0.1, 0.15) is 5.75 Å². The number of methoxy groups -OCH3 is 1. The second-order valence-corrected chi connectivity index (χ2v) is 8.13. The number of aromatic nitrogens is 2. The monoisotopic (exact) mass is 378 g/mol. The minimum Gasteiger partial charge on any atom is -0.497 e. The maximum atomic E-state index is 13.0. The number of aromatic amines is 1. The third kappa shape index (κ3) is 3.19. The predicted octanol–water partition coefficient (Wildman–Crippen LogP) is 4.00. The van der Waals surface area contributed by atoms with E-state index in [-0.39, 0.29) is 9.79 Å². The summed E-state index contributed by atoms with van der Waals surface area (Å²) in [6, 6.07) is 16.2. The van der Waals surface area contributed by atoms with Crippen LogP contribution in [0.25, 0.3) is 10.9 Å². The summed E-state index contributed by atoms with van der Waals surface area (Å²) in [7, 11) is -1.98. The van der Waals surface area contributed by atoms with Crippen LogP contribution in [0.15, 0.2) is 83.0 Å². The summed E-state index contributed by atoms with van der Waals surface area (Å²) < 4.78 is 31.2. The van der Waals surface area contributed by atoms with Gasteiger partial charge in [0.25, 0.3) is 0 Å². The van der Waals surface area contributed by atoms with E-state index in [9.17, 15) is 8.42 Å². The summed E-state index contributed by atoms with van der Waals surface area (Å²) in [5.41, 5.74) is 2.81. The number of hydrogen-bond donors (Lipinski definition) is 1. The molecular formula is C21H18N2O3S. The van der Waals surface area contributed by atoms with Gasteiger partial charge in [-0.25, -0.2) is 8.42 Å². The molecule has 0 radical (unpaired) electrons. The highest BCUT2D eigenvalue weighted by Crippen LogP contribution is 2.30. The van der Waals surface area contributed by atoms with Crippen LogP contribution in [-0.4, -0.2) is 25.5 Å². The van der Waals surface area contributed by atoms with Crippen molar-refractivity contribution in [3.63, 3.8) is 0 Å².